The number of benzene rings is 1. The number of carboxylic acid groups (broad SMARTS) is 1. The van der Waals surface area contributed by atoms with Gasteiger partial charge in [-0.3, -0.25) is 4.79 Å². The lowest BCUT2D eigenvalue weighted by atomic mass is 10.1. The number of aliphatic carboxylic acids is 1. The average molecular weight is 292 g/mol. The van der Waals surface area contributed by atoms with E-state index in [9.17, 15) is 9.18 Å². The molecule has 1 atom stereocenters. The molecule has 1 rings (SSSR count). The van der Waals surface area contributed by atoms with Crippen LogP contribution in [-0.4, -0.2) is 21.9 Å². The Kier molecular flexibility index (Phi) is 5.01. The van der Waals surface area contributed by atoms with Gasteiger partial charge >= 0.3 is 5.97 Å². The summed E-state index contributed by atoms with van der Waals surface area (Å²) < 4.78 is 12.6. The third-order valence-electron chi connectivity index (χ3n) is 2.65. The van der Waals surface area contributed by atoms with E-state index in [0.29, 0.717) is 11.3 Å². The second-order valence-corrected chi connectivity index (χ2v) is 6.43. The Morgan fingerprint density at radius 2 is 2.22 bits per heavy atom. The molecule has 0 aliphatic carbocycles. The van der Waals surface area contributed by atoms with E-state index in [0.717, 1.165) is 0 Å². The van der Waals surface area contributed by atoms with Crippen LogP contribution in [0.15, 0.2) is 18.2 Å². The number of carboxylic acids is 1. The van der Waals surface area contributed by atoms with Gasteiger partial charge in [0.2, 0.25) is 0 Å². The fraction of sp³-hybridized carbons (Fsp3) is 0.417. The van der Waals surface area contributed by atoms with Crippen molar-refractivity contribution in [2.45, 2.75) is 30.4 Å². The van der Waals surface area contributed by atoms with Gasteiger partial charge in [0.15, 0.2) is 0 Å². The minimum Gasteiger partial charge on any atom is -0.480 e. The Hall–Kier alpha value is -0.780. The molecule has 0 saturated heterocycles. The molecule has 18 heavy (non-hydrogen) atoms. The molecule has 0 aliphatic rings. The smallest absolute Gasteiger partial charge is 0.321 e. The molecule has 0 unspecified atom stereocenters. The van der Waals surface area contributed by atoms with E-state index in [1.54, 1.807) is 26.0 Å². The van der Waals surface area contributed by atoms with Gasteiger partial charge in [-0.05, 0) is 25.5 Å². The summed E-state index contributed by atoms with van der Waals surface area (Å²) in [5.74, 6) is -1.13. The van der Waals surface area contributed by atoms with Gasteiger partial charge in [-0.15, -0.1) is 11.8 Å². The van der Waals surface area contributed by atoms with E-state index in [-0.39, 0.29) is 5.02 Å². The molecule has 3 N–H and O–H groups in total. The average Bonchev–Trinajstić information content (AvgIpc) is 2.30. The first kappa shape index (κ1) is 15.3. The molecule has 0 radical (unpaired) electrons. The van der Waals surface area contributed by atoms with Crippen LogP contribution in [0, 0.1) is 5.82 Å². The summed E-state index contributed by atoms with van der Waals surface area (Å²) in [5, 5.41) is 8.96. The van der Waals surface area contributed by atoms with E-state index >= 15 is 0 Å². The van der Waals surface area contributed by atoms with Crippen LogP contribution in [0.3, 0.4) is 0 Å². The summed E-state index contributed by atoms with van der Waals surface area (Å²) in [6.07, 6.45) is 0. The van der Waals surface area contributed by atoms with Crippen molar-refractivity contribution in [2.75, 3.05) is 0 Å². The molecular weight excluding hydrogens is 277 g/mol. The highest BCUT2D eigenvalue weighted by Gasteiger charge is 2.32. The quantitative estimate of drug-likeness (QED) is 0.875. The number of nitrogens with two attached hydrogens (primary N) is 1. The normalized spacial score (nSPS) is 13.4. The molecule has 1 aromatic rings. The van der Waals surface area contributed by atoms with Crippen molar-refractivity contribution in [3.8, 4) is 0 Å². The van der Waals surface area contributed by atoms with Crippen molar-refractivity contribution in [3.63, 3.8) is 0 Å². The minimum atomic E-state index is -1.06. The van der Waals surface area contributed by atoms with Crippen molar-refractivity contribution in [2.24, 2.45) is 5.73 Å². The van der Waals surface area contributed by atoms with E-state index in [1.165, 1.54) is 17.8 Å². The molecule has 0 aromatic heterocycles. The number of thioether (sulfide) groups is 1. The van der Waals surface area contributed by atoms with Gasteiger partial charge in [0.25, 0.3) is 0 Å². The van der Waals surface area contributed by atoms with Crippen LogP contribution in [0.25, 0.3) is 0 Å². The zero-order valence-corrected chi connectivity index (χ0v) is 11.7. The van der Waals surface area contributed by atoms with Crippen LogP contribution in [0.2, 0.25) is 5.02 Å². The zero-order chi connectivity index (χ0) is 13.9. The lowest BCUT2D eigenvalue weighted by Crippen LogP contribution is -2.46. The maximum absolute atomic E-state index is 13.2. The highest BCUT2D eigenvalue weighted by molar-refractivity contribution is 7.99. The lowest BCUT2D eigenvalue weighted by molar-refractivity contribution is -0.139. The van der Waals surface area contributed by atoms with Gasteiger partial charge in [0.05, 0.1) is 5.02 Å². The van der Waals surface area contributed by atoms with Crippen LogP contribution in [-0.2, 0) is 10.5 Å². The molecule has 0 saturated carbocycles. The van der Waals surface area contributed by atoms with Crippen molar-refractivity contribution in [3.05, 3.63) is 34.6 Å². The summed E-state index contributed by atoms with van der Waals surface area (Å²) in [4.78, 5) is 10.9. The van der Waals surface area contributed by atoms with Gasteiger partial charge in [0.1, 0.15) is 11.9 Å². The Morgan fingerprint density at radius 3 is 2.78 bits per heavy atom. The van der Waals surface area contributed by atoms with E-state index in [1.807, 2.05) is 0 Å². The molecular formula is C12H15ClFNO2S. The zero-order valence-electron chi connectivity index (χ0n) is 10.1. The molecule has 0 bridgehead atoms. The van der Waals surface area contributed by atoms with Crippen molar-refractivity contribution >= 4 is 29.3 Å². The molecule has 0 heterocycles. The largest absolute Gasteiger partial charge is 0.480 e. The Labute approximate surface area is 115 Å². The molecule has 0 spiro atoms. The predicted octanol–water partition coefficient (Wildman–Crippen LogP) is 2.90. The summed E-state index contributed by atoms with van der Waals surface area (Å²) in [6.45, 7) is 3.48. The number of hydrogen-bond donors (Lipinski definition) is 2. The first-order valence-electron chi connectivity index (χ1n) is 5.31. The maximum Gasteiger partial charge on any atom is 0.321 e. The Bertz CT molecular complexity index is 454. The van der Waals surface area contributed by atoms with Crippen LogP contribution in [0.1, 0.15) is 19.4 Å². The third kappa shape index (κ3) is 3.60. The Morgan fingerprint density at radius 1 is 1.61 bits per heavy atom. The molecule has 0 amide bonds. The van der Waals surface area contributed by atoms with E-state index in [4.69, 9.17) is 22.4 Å². The first-order valence-corrected chi connectivity index (χ1v) is 6.67. The van der Waals surface area contributed by atoms with Crippen LogP contribution >= 0.6 is 23.4 Å². The number of hydrogen-bond acceptors (Lipinski definition) is 3. The summed E-state index contributed by atoms with van der Waals surface area (Å²) in [5.41, 5.74) is 6.23. The highest BCUT2D eigenvalue weighted by atomic mass is 35.5. The van der Waals surface area contributed by atoms with Gasteiger partial charge in [0, 0.05) is 10.5 Å². The molecule has 6 heteroatoms. The second kappa shape index (κ2) is 5.91. The van der Waals surface area contributed by atoms with Crippen molar-refractivity contribution in [1.29, 1.82) is 0 Å². The summed E-state index contributed by atoms with van der Waals surface area (Å²) in [7, 11) is 0. The maximum atomic E-state index is 13.2. The van der Waals surface area contributed by atoms with Crippen LogP contribution in [0.5, 0.6) is 0 Å². The van der Waals surface area contributed by atoms with Gasteiger partial charge in [-0.1, -0.05) is 23.7 Å². The number of rotatable bonds is 5. The minimum absolute atomic E-state index is 0.0738. The molecule has 100 valence electrons. The van der Waals surface area contributed by atoms with Gasteiger partial charge < -0.3 is 10.8 Å². The predicted molar refractivity (Wildman–Crippen MR) is 72.4 cm³/mol. The Balaban J connectivity index is 2.76. The highest BCUT2D eigenvalue weighted by Crippen LogP contribution is 2.33. The standard InChI is InChI=1S/C12H15ClFNO2S/c1-12(2,10(15)11(16)17)18-6-7-4-3-5-8(14)9(7)13/h3-5,10H,6,15H2,1-2H3,(H,16,17)/t10-/m0/s1. The van der Waals surface area contributed by atoms with E-state index in [2.05, 4.69) is 0 Å². The first-order chi connectivity index (χ1) is 8.25. The topological polar surface area (TPSA) is 63.3 Å². The van der Waals surface area contributed by atoms with Gasteiger partial charge in [-0.2, -0.15) is 0 Å². The van der Waals surface area contributed by atoms with Crippen molar-refractivity contribution in [1.82, 2.24) is 0 Å². The number of halogens is 2. The monoisotopic (exact) mass is 291 g/mol. The molecule has 0 fully saturated rings. The number of carbonyl (C=O) groups is 1. The van der Waals surface area contributed by atoms with Gasteiger partial charge in [-0.25, -0.2) is 4.39 Å². The van der Waals surface area contributed by atoms with E-state index < -0.39 is 22.6 Å². The fourth-order valence-electron chi connectivity index (χ4n) is 1.31. The van der Waals surface area contributed by atoms with Crippen LogP contribution in [0.4, 0.5) is 4.39 Å². The molecule has 1 aromatic carbocycles. The SMILES string of the molecule is CC(C)(SCc1cccc(F)c1Cl)[C@@H](N)C(=O)O. The summed E-state index contributed by atoms with van der Waals surface area (Å²) in [6, 6.07) is 3.57. The van der Waals surface area contributed by atoms with Crippen LogP contribution < -0.4 is 5.73 Å². The molecule has 3 nitrogen and oxygen atoms in total. The lowest BCUT2D eigenvalue weighted by Gasteiger charge is -2.28. The third-order valence-corrected chi connectivity index (χ3v) is 4.52. The second-order valence-electron chi connectivity index (χ2n) is 4.42. The summed E-state index contributed by atoms with van der Waals surface area (Å²) >= 11 is 7.16. The van der Waals surface area contributed by atoms with Crippen molar-refractivity contribution < 1.29 is 14.3 Å². The molecule has 0 aliphatic heterocycles. The fourth-order valence-corrected chi connectivity index (χ4v) is 2.63.